The number of carbonyl (C=O) groups is 1. The molecule has 2 aliphatic rings. The van der Waals surface area contributed by atoms with Crippen molar-refractivity contribution in [2.24, 2.45) is 0 Å². The van der Waals surface area contributed by atoms with Crippen molar-refractivity contribution in [3.05, 3.63) is 0 Å². The van der Waals surface area contributed by atoms with Crippen molar-refractivity contribution in [1.82, 2.24) is 15.5 Å². The van der Waals surface area contributed by atoms with Gasteiger partial charge in [0.2, 0.25) is 0 Å². The first-order valence-electron chi connectivity index (χ1n) is 5.02. The van der Waals surface area contributed by atoms with Crippen LogP contribution in [0.2, 0.25) is 0 Å². The van der Waals surface area contributed by atoms with Crippen LogP contribution in [-0.2, 0) is 0 Å². The lowest BCUT2D eigenvalue weighted by Gasteiger charge is -2.16. The normalized spacial score (nSPS) is 25.8. The summed E-state index contributed by atoms with van der Waals surface area (Å²) in [6.07, 6.45) is 3.40. The predicted octanol–water partition coefficient (Wildman–Crippen LogP) is 0.574. The van der Waals surface area contributed by atoms with E-state index in [2.05, 4.69) is 10.6 Å². The predicted molar refractivity (Wildman–Crippen MR) is 57.8 cm³/mol. The Morgan fingerprint density at radius 2 is 2.00 bits per heavy atom. The van der Waals surface area contributed by atoms with Crippen LogP contribution in [0.4, 0.5) is 4.79 Å². The molecule has 0 aromatic rings. The van der Waals surface area contributed by atoms with E-state index in [1.807, 2.05) is 11.9 Å². The van der Waals surface area contributed by atoms with Crippen LogP contribution in [0, 0.1) is 0 Å². The van der Waals surface area contributed by atoms with Gasteiger partial charge in [0.15, 0.2) is 0 Å². The van der Waals surface area contributed by atoms with Crippen LogP contribution in [-0.4, -0.2) is 43.2 Å². The Morgan fingerprint density at radius 3 is 2.50 bits per heavy atom. The fourth-order valence-corrected chi connectivity index (χ4v) is 1.67. The molecule has 2 N–H and O–H groups in total. The van der Waals surface area contributed by atoms with E-state index in [0.717, 1.165) is 32.4 Å². The highest BCUT2D eigenvalue weighted by atomic mass is 35.5. The van der Waals surface area contributed by atoms with Crippen LogP contribution in [0.5, 0.6) is 0 Å². The molecule has 1 saturated heterocycles. The largest absolute Gasteiger partial charge is 0.335 e. The van der Waals surface area contributed by atoms with E-state index < -0.39 is 0 Å². The summed E-state index contributed by atoms with van der Waals surface area (Å²) in [5.41, 5.74) is 0. The molecule has 1 aliphatic heterocycles. The van der Waals surface area contributed by atoms with Gasteiger partial charge in [0, 0.05) is 25.2 Å². The number of amides is 2. The van der Waals surface area contributed by atoms with Crippen LogP contribution in [0.1, 0.15) is 19.3 Å². The first-order valence-corrected chi connectivity index (χ1v) is 5.02. The summed E-state index contributed by atoms with van der Waals surface area (Å²) in [5, 5.41) is 6.20. The Labute approximate surface area is 90.8 Å². The van der Waals surface area contributed by atoms with Crippen LogP contribution in [0.25, 0.3) is 0 Å². The fraction of sp³-hybridized carbons (Fsp3) is 0.889. The van der Waals surface area contributed by atoms with Crippen molar-refractivity contribution in [2.45, 2.75) is 31.3 Å². The highest BCUT2D eigenvalue weighted by Crippen LogP contribution is 2.19. The van der Waals surface area contributed by atoms with Crippen molar-refractivity contribution >= 4 is 18.4 Å². The van der Waals surface area contributed by atoms with Crippen molar-refractivity contribution in [2.75, 3.05) is 20.1 Å². The maximum Gasteiger partial charge on any atom is 0.317 e. The molecule has 1 heterocycles. The number of urea groups is 1. The topological polar surface area (TPSA) is 44.4 Å². The van der Waals surface area contributed by atoms with E-state index >= 15 is 0 Å². The van der Waals surface area contributed by atoms with Gasteiger partial charge in [0.05, 0.1) is 0 Å². The summed E-state index contributed by atoms with van der Waals surface area (Å²) in [6.45, 7) is 1.75. The zero-order valence-electron chi connectivity index (χ0n) is 8.45. The second-order valence-corrected chi connectivity index (χ2v) is 3.94. The van der Waals surface area contributed by atoms with Crippen molar-refractivity contribution in [3.63, 3.8) is 0 Å². The molecule has 1 saturated carbocycles. The Morgan fingerprint density at radius 1 is 1.29 bits per heavy atom. The third kappa shape index (κ3) is 2.75. The van der Waals surface area contributed by atoms with Crippen LogP contribution in [0.3, 0.4) is 0 Å². The molecule has 0 aromatic heterocycles. The van der Waals surface area contributed by atoms with E-state index in [1.165, 1.54) is 0 Å². The number of hydrogen-bond donors (Lipinski definition) is 2. The van der Waals surface area contributed by atoms with Gasteiger partial charge in [-0.2, -0.15) is 0 Å². The smallest absolute Gasteiger partial charge is 0.317 e. The van der Waals surface area contributed by atoms with Gasteiger partial charge >= 0.3 is 6.03 Å². The minimum atomic E-state index is 0. The summed E-state index contributed by atoms with van der Waals surface area (Å²) < 4.78 is 0. The lowest BCUT2D eigenvalue weighted by atomic mass is 10.3. The molecule has 1 atom stereocenters. The number of nitrogens with zero attached hydrogens (tertiary/aromatic N) is 1. The lowest BCUT2D eigenvalue weighted by Crippen LogP contribution is -2.41. The Hall–Kier alpha value is -0.480. The Kier molecular flexibility index (Phi) is 4.01. The maximum atomic E-state index is 11.5. The molecular weight excluding hydrogens is 202 g/mol. The number of carbonyl (C=O) groups excluding carboxylic acids is 1. The molecule has 1 aliphatic carbocycles. The average Bonchev–Trinajstić information content (AvgIpc) is 2.82. The summed E-state index contributed by atoms with van der Waals surface area (Å²) in [5.74, 6) is 0. The van der Waals surface area contributed by atoms with Gasteiger partial charge < -0.3 is 15.5 Å². The standard InChI is InChI=1S/C9H17N3O.ClH/c1-10-8-4-5-12(6-8)9(13)11-7-2-3-7;/h7-8,10H,2-6H2,1H3,(H,11,13);1H. The Balaban J connectivity index is 0.000000980. The summed E-state index contributed by atoms with van der Waals surface area (Å²) in [6, 6.07) is 1.09. The van der Waals surface area contributed by atoms with E-state index in [9.17, 15) is 4.79 Å². The SMILES string of the molecule is CNC1CCN(C(=O)NC2CC2)C1.Cl. The minimum Gasteiger partial charge on any atom is -0.335 e. The second-order valence-electron chi connectivity index (χ2n) is 3.94. The first-order chi connectivity index (χ1) is 6.29. The van der Waals surface area contributed by atoms with Gasteiger partial charge in [-0.05, 0) is 26.3 Å². The number of likely N-dealkylation sites (N-methyl/N-ethyl adjacent to an activating group) is 1. The summed E-state index contributed by atoms with van der Waals surface area (Å²) in [7, 11) is 1.95. The number of likely N-dealkylation sites (tertiary alicyclic amines) is 1. The quantitative estimate of drug-likeness (QED) is 0.714. The Bertz CT molecular complexity index is 208. The second kappa shape index (κ2) is 4.84. The molecule has 5 heteroatoms. The van der Waals surface area contributed by atoms with Crippen LogP contribution in [0.15, 0.2) is 0 Å². The molecule has 2 fully saturated rings. The van der Waals surface area contributed by atoms with Crippen LogP contribution >= 0.6 is 12.4 Å². The van der Waals surface area contributed by atoms with Gasteiger partial charge in [0.1, 0.15) is 0 Å². The van der Waals surface area contributed by atoms with E-state index in [4.69, 9.17) is 0 Å². The van der Waals surface area contributed by atoms with E-state index in [1.54, 1.807) is 0 Å². The molecule has 2 amide bonds. The molecule has 0 aromatic carbocycles. The molecule has 0 spiro atoms. The number of hydrogen-bond acceptors (Lipinski definition) is 2. The van der Waals surface area contributed by atoms with Gasteiger partial charge in [-0.1, -0.05) is 0 Å². The van der Waals surface area contributed by atoms with Crippen molar-refractivity contribution < 1.29 is 4.79 Å². The number of nitrogens with one attached hydrogen (secondary N) is 2. The van der Waals surface area contributed by atoms with E-state index in [-0.39, 0.29) is 18.4 Å². The van der Waals surface area contributed by atoms with Crippen molar-refractivity contribution in [1.29, 1.82) is 0 Å². The van der Waals surface area contributed by atoms with Crippen molar-refractivity contribution in [3.8, 4) is 0 Å². The van der Waals surface area contributed by atoms with Gasteiger partial charge in [-0.25, -0.2) is 4.79 Å². The lowest BCUT2D eigenvalue weighted by molar-refractivity contribution is 0.207. The third-order valence-electron chi connectivity index (χ3n) is 2.79. The molecule has 82 valence electrons. The molecule has 0 bridgehead atoms. The highest BCUT2D eigenvalue weighted by molar-refractivity contribution is 5.85. The molecular formula is C9H18ClN3O. The van der Waals surface area contributed by atoms with Gasteiger partial charge in [-0.3, -0.25) is 0 Å². The maximum absolute atomic E-state index is 11.5. The average molecular weight is 220 g/mol. The molecule has 2 rings (SSSR count). The van der Waals surface area contributed by atoms with E-state index in [0.29, 0.717) is 12.1 Å². The highest BCUT2D eigenvalue weighted by Gasteiger charge is 2.29. The van der Waals surface area contributed by atoms with Gasteiger partial charge in [-0.15, -0.1) is 12.4 Å². The minimum absolute atomic E-state index is 0. The summed E-state index contributed by atoms with van der Waals surface area (Å²) in [4.78, 5) is 13.4. The molecule has 0 radical (unpaired) electrons. The first kappa shape index (κ1) is 11.6. The molecule has 4 nitrogen and oxygen atoms in total. The summed E-state index contributed by atoms with van der Waals surface area (Å²) >= 11 is 0. The number of halogens is 1. The monoisotopic (exact) mass is 219 g/mol. The third-order valence-corrected chi connectivity index (χ3v) is 2.79. The van der Waals surface area contributed by atoms with Crippen LogP contribution < -0.4 is 10.6 Å². The zero-order valence-corrected chi connectivity index (χ0v) is 9.27. The number of rotatable bonds is 2. The molecule has 1 unspecified atom stereocenters. The zero-order chi connectivity index (χ0) is 9.26. The molecule has 14 heavy (non-hydrogen) atoms. The fourth-order valence-electron chi connectivity index (χ4n) is 1.67. The van der Waals surface area contributed by atoms with Gasteiger partial charge in [0.25, 0.3) is 0 Å².